The molecule has 0 aromatic heterocycles. The lowest BCUT2D eigenvalue weighted by Crippen LogP contribution is -1.96. The van der Waals surface area contributed by atoms with Crippen LogP contribution >= 0.6 is 34.2 Å². The minimum absolute atomic E-state index is 0.217. The lowest BCUT2D eigenvalue weighted by molar-refractivity contribution is 0.320. The molecule has 12 heavy (non-hydrogen) atoms. The minimum atomic E-state index is -0.346. The standard InChI is InChI=1S/C8H7ClFIO/c1-2-12-7-4-5(9)3-6(11)8(7)10/h3-4H,2H2,1H3. The Morgan fingerprint density at radius 3 is 2.83 bits per heavy atom. The van der Waals surface area contributed by atoms with Crippen LogP contribution in [0.4, 0.5) is 4.39 Å². The first-order valence-corrected chi connectivity index (χ1v) is 4.88. The molecule has 0 aliphatic carbocycles. The van der Waals surface area contributed by atoms with Crippen molar-refractivity contribution >= 4 is 34.2 Å². The SMILES string of the molecule is CCOc1cc(Cl)cc(I)c1F. The third-order valence-electron chi connectivity index (χ3n) is 1.26. The maximum absolute atomic E-state index is 13.2. The molecule has 0 spiro atoms. The van der Waals surface area contributed by atoms with Gasteiger partial charge in [-0.05, 0) is 35.6 Å². The summed E-state index contributed by atoms with van der Waals surface area (Å²) in [7, 11) is 0. The Bertz CT molecular complexity index is 291. The maximum atomic E-state index is 13.2. The van der Waals surface area contributed by atoms with Gasteiger partial charge in [-0.1, -0.05) is 11.6 Å². The van der Waals surface area contributed by atoms with Crippen LogP contribution in [0.5, 0.6) is 5.75 Å². The van der Waals surface area contributed by atoms with Gasteiger partial charge in [0.15, 0.2) is 11.6 Å². The predicted octanol–water partition coefficient (Wildman–Crippen LogP) is 3.48. The summed E-state index contributed by atoms with van der Waals surface area (Å²) >= 11 is 7.58. The van der Waals surface area contributed by atoms with E-state index >= 15 is 0 Å². The maximum Gasteiger partial charge on any atom is 0.178 e. The Labute approximate surface area is 89.0 Å². The molecule has 0 radical (unpaired) electrons. The summed E-state index contributed by atoms with van der Waals surface area (Å²) in [5, 5.41) is 0.490. The molecule has 66 valence electrons. The molecular formula is C8H7ClFIO. The van der Waals surface area contributed by atoms with E-state index in [-0.39, 0.29) is 11.6 Å². The molecule has 1 rings (SSSR count). The van der Waals surface area contributed by atoms with E-state index in [2.05, 4.69) is 0 Å². The summed E-state index contributed by atoms with van der Waals surface area (Å²) in [4.78, 5) is 0. The Balaban J connectivity index is 3.09. The van der Waals surface area contributed by atoms with E-state index in [4.69, 9.17) is 16.3 Å². The highest BCUT2D eigenvalue weighted by molar-refractivity contribution is 14.1. The van der Waals surface area contributed by atoms with Crippen molar-refractivity contribution in [3.05, 3.63) is 26.5 Å². The molecule has 0 saturated carbocycles. The van der Waals surface area contributed by atoms with Gasteiger partial charge in [0, 0.05) is 11.1 Å². The van der Waals surface area contributed by atoms with Gasteiger partial charge in [0.2, 0.25) is 0 Å². The summed E-state index contributed by atoms with van der Waals surface area (Å²) in [5.41, 5.74) is 0. The van der Waals surface area contributed by atoms with Gasteiger partial charge in [-0.3, -0.25) is 0 Å². The summed E-state index contributed by atoms with van der Waals surface area (Å²) in [5.74, 6) is -0.128. The molecular weight excluding hydrogens is 293 g/mol. The highest BCUT2D eigenvalue weighted by Gasteiger charge is 2.08. The van der Waals surface area contributed by atoms with Crippen molar-refractivity contribution in [2.45, 2.75) is 6.92 Å². The number of rotatable bonds is 2. The van der Waals surface area contributed by atoms with Crippen molar-refractivity contribution in [2.75, 3.05) is 6.61 Å². The topological polar surface area (TPSA) is 9.23 Å². The van der Waals surface area contributed by atoms with E-state index in [1.54, 1.807) is 13.0 Å². The Morgan fingerprint density at radius 2 is 2.25 bits per heavy atom. The lowest BCUT2D eigenvalue weighted by Gasteiger charge is -2.05. The molecule has 0 heterocycles. The normalized spacial score (nSPS) is 10.0. The highest BCUT2D eigenvalue weighted by atomic mass is 127. The molecule has 0 aliphatic heterocycles. The van der Waals surface area contributed by atoms with Crippen LogP contribution in [0.15, 0.2) is 12.1 Å². The van der Waals surface area contributed by atoms with Crippen LogP contribution in [0.1, 0.15) is 6.92 Å². The van der Waals surface area contributed by atoms with Crippen LogP contribution in [-0.2, 0) is 0 Å². The van der Waals surface area contributed by atoms with Gasteiger partial charge in [-0.2, -0.15) is 0 Å². The van der Waals surface area contributed by atoms with E-state index in [0.29, 0.717) is 15.2 Å². The van der Waals surface area contributed by atoms with Crippen molar-refractivity contribution in [1.82, 2.24) is 0 Å². The van der Waals surface area contributed by atoms with Crippen molar-refractivity contribution in [3.8, 4) is 5.75 Å². The second-order valence-corrected chi connectivity index (χ2v) is 3.73. The summed E-state index contributed by atoms with van der Waals surface area (Å²) < 4.78 is 18.7. The van der Waals surface area contributed by atoms with Gasteiger partial charge in [0.05, 0.1) is 10.2 Å². The van der Waals surface area contributed by atoms with E-state index in [9.17, 15) is 4.39 Å². The van der Waals surface area contributed by atoms with Crippen LogP contribution in [0.3, 0.4) is 0 Å². The van der Waals surface area contributed by atoms with Crippen LogP contribution in [0.2, 0.25) is 5.02 Å². The van der Waals surface area contributed by atoms with Gasteiger partial charge in [0.25, 0.3) is 0 Å². The van der Waals surface area contributed by atoms with E-state index in [1.165, 1.54) is 6.07 Å². The number of halogens is 3. The minimum Gasteiger partial charge on any atom is -0.491 e. The Hall–Kier alpha value is -0.0300. The molecule has 0 atom stereocenters. The van der Waals surface area contributed by atoms with Crippen molar-refractivity contribution in [1.29, 1.82) is 0 Å². The van der Waals surface area contributed by atoms with Crippen LogP contribution in [-0.4, -0.2) is 6.61 Å². The average Bonchev–Trinajstić information content (AvgIpc) is 2.00. The summed E-state index contributed by atoms with van der Waals surface area (Å²) in [6.45, 7) is 2.24. The molecule has 0 aliphatic rings. The molecule has 1 aromatic rings. The average molecular weight is 300 g/mol. The molecule has 0 unspecified atom stereocenters. The summed E-state index contributed by atoms with van der Waals surface area (Å²) in [6.07, 6.45) is 0. The molecule has 4 heteroatoms. The largest absolute Gasteiger partial charge is 0.491 e. The van der Waals surface area contributed by atoms with Gasteiger partial charge in [-0.25, -0.2) is 4.39 Å². The fraction of sp³-hybridized carbons (Fsp3) is 0.250. The van der Waals surface area contributed by atoms with Crippen LogP contribution in [0.25, 0.3) is 0 Å². The second-order valence-electron chi connectivity index (χ2n) is 2.13. The van der Waals surface area contributed by atoms with Gasteiger partial charge < -0.3 is 4.74 Å². The number of hydrogen-bond donors (Lipinski definition) is 0. The Kier molecular flexibility index (Phi) is 3.58. The fourth-order valence-corrected chi connectivity index (χ4v) is 1.79. The number of ether oxygens (including phenoxy) is 1. The summed E-state index contributed by atoms with van der Waals surface area (Å²) in [6, 6.07) is 3.03. The highest BCUT2D eigenvalue weighted by Crippen LogP contribution is 2.26. The zero-order valence-electron chi connectivity index (χ0n) is 6.40. The first-order valence-electron chi connectivity index (χ1n) is 3.42. The van der Waals surface area contributed by atoms with Crippen molar-refractivity contribution < 1.29 is 9.13 Å². The van der Waals surface area contributed by atoms with E-state index in [1.807, 2.05) is 22.6 Å². The molecule has 0 saturated heterocycles. The Morgan fingerprint density at radius 1 is 1.58 bits per heavy atom. The third-order valence-corrected chi connectivity index (χ3v) is 2.26. The van der Waals surface area contributed by atoms with Crippen molar-refractivity contribution in [2.24, 2.45) is 0 Å². The zero-order valence-corrected chi connectivity index (χ0v) is 9.32. The van der Waals surface area contributed by atoms with Gasteiger partial charge >= 0.3 is 0 Å². The quantitative estimate of drug-likeness (QED) is 0.600. The second kappa shape index (κ2) is 4.28. The molecule has 1 nitrogen and oxygen atoms in total. The predicted molar refractivity (Wildman–Crippen MR) is 55.3 cm³/mol. The van der Waals surface area contributed by atoms with Crippen LogP contribution < -0.4 is 4.74 Å². The molecule has 1 aromatic carbocycles. The van der Waals surface area contributed by atoms with Gasteiger partial charge in [0.1, 0.15) is 0 Å². The number of benzene rings is 1. The third kappa shape index (κ3) is 2.23. The van der Waals surface area contributed by atoms with Crippen molar-refractivity contribution in [3.63, 3.8) is 0 Å². The first-order chi connectivity index (χ1) is 5.65. The fourth-order valence-electron chi connectivity index (χ4n) is 0.793. The molecule has 0 fully saturated rings. The van der Waals surface area contributed by atoms with Gasteiger partial charge in [-0.15, -0.1) is 0 Å². The van der Waals surface area contributed by atoms with E-state index in [0.717, 1.165) is 0 Å². The lowest BCUT2D eigenvalue weighted by atomic mass is 10.3. The molecule has 0 amide bonds. The first kappa shape index (κ1) is 10.1. The number of hydrogen-bond acceptors (Lipinski definition) is 1. The smallest absolute Gasteiger partial charge is 0.178 e. The monoisotopic (exact) mass is 300 g/mol. The van der Waals surface area contributed by atoms with E-state index < -0.39 is 0 Å². The molecule has 0 bridgehead atoms. The molecule has 0 N–H and O–H groups in total. The van der Waals surface area contributed by atoms with Crippen LogP contribution in [0, 0.1) is 9.39 Å². The zero-order chi connectivity index (χ0) is 9.14.